The van der Waals surface area contributed by atoms with E-state index in [2.05, 4.69) is 10.0 Å². The number of ether oxygens (including phenoxy) is 1. The molecule has 0 radical (unpaired) electrons. The van der Waals surface area contributed by atoms with Crippen LogP contribution in [0.2, 0.25) is 5.02 Å². The predicted octanol–water partition coefficient (Wildman–Crippen LogP) is 5.43. The van der Waals surface area contributed by atoms with Crippen LogP contribution < -0.4 is 14.8 Å². The van der Waals surface area contributed by atoms with Crippen LogP contribution in [-0.2, 0) is 14.8 Å². The van der Waals surface area contributed by atoms with Crippen LogP contribution in [0.25, 0.3) is 0 Å². The van der Waals surface area contributed by atoms with Crippen molar-refractivity contribution in [2.24, 2.45) is 0 Å². The van der Waals surface area contributed by atoms with Crippen LogP contribution in [0, 0.1) is 6.92 Å². The molecule has 174 valence electrons. The van der Waals surface area contributed by atoms with Crippen LogP contribution in [0.3, 0.4) is 0 Å². The number of amides is 1. The van der Waals surface area contributed by atoms with Crippen molar-refractivity contribution < 1.29 is 17.9 Å². The molecule has 0 unspecified atom stereocenters. The highest BCUT2D eigenvalue weighted by molar-refractivity contribution is 7.98. The number of aryl methyl sites for hydroxylation is 1. The molecule has 0 fully saturated rings. The molecule has 9 heteroatoms. The lowest BCUT2D eigenvalue weighted by Gasteiger charge is -2.16. The number of anilines is 1. The molecular formula is C24H25ClN2O4S2. The van der Waals surface area contributed by atoms with E-state index < -0.39 is 10.0 Å². The van der Waals surface area contributed by atoms with Crippen molar-refractivity contribution in [3.05, 3.63) is 82.9 Å². The highest BCUT2D eigenvalue weighted by Crippen LogP contribution is 2.24. The fourth-order valence-corrected chi connectivity index (χ4v) is 4.76. The molecule has 3 rings (SSSR count). The average Bonchev–Trinajstić information content (AvgIpc) is 2.79. The van der Waals surface area contributed by atoms with Gasteiger partial charge in [-0.25, -0.2) is 8.42 Å². The molecule has 0 aliphatic carbocycles. The summed E-state index contributed by atoms with van der Waals surface area (Å²) in [7, 11) is -3.78. The van der Waals surface area contributed by atoms with Crippen molar-refractivity contribution in [2.45, 2.75) is 29.7 Å². The number of sulfonamides is 1. The summed E-state index contributed by atoms with van der Waals surface area (Å²) in [5.41, 5.74) is 2.01. The lowest BCUT2D eigenvalue weighted by Crippen LogP contribution is -2.31. The molecule has 0 saturated heterocycles. The SMILES string of the molecule is CSc1ccc([C@H](C)NC(=O)COc2ccc(S(=O)(=O)Nc3ccc(Cl)cc3)cc2C)cc1. The zero-order chi connectivity index (χ0) is 24.0. The molecule has 1 amide bonds. The zero-order valence-electron chi connectivity index (χ0n) is 18.5. The quantitative estimate of drug-likeness (QED) is 0.380. The van der Waals surface area contributed by atoms with Gasteiger partial charge in [0.1, 0.15) is 5.75 Å². The van der Waals surface area contributed by atoms with E-state index in [1.807, 2.05) is 37.4 Å². The van der Waals surface area contributed by atoms with Gasteiger partial charge in [0.2, 0.25) is 0 Å². The van der Waals surface area contributed by atoms with Gasteiger partial charge >= 0.3 is 0 Å². The van der Waals surface area contributed by atoms with Gasteiger partial charge in [-0.15, -0.1) is 11.8 Å². The summed E-state index contributed by atoms with van der Waals surface area (Å²) in [6, 6.07) is 18.7. The van der Waals surface area contributed by atoms with Gasteiger partial charge in [-0.3, -0.25) is 9.52 Å². The van der Waals surface area contributed by atoms with Crippen molar-refractivity contribution >= 4 is 45.0 Å². The van der Waals surface area contributed by atoms with Gasteiger partial charge in [-0.1, -0.05) is 23.7 Å². The van der Waals surface area contributed by atoms with Gasteiger partial charge in [-0.05, 0) is 85.8 Å². The van der Waals surface area contributed by atoms with E-state index in [-0.39, 0.29) is 23.5 Å². The van der Waals surface area contributed by atoms with E-state index in [4.69, 9.17) is 16.3 Å². The van der Waals surface area contributed by atoms with E-state index in [9.17, 15) is 13.2 Å². The lowest BCUT2D eigenvalue weighted by atomic mass is 10.1. The zero-order valence-corrected chi connectivity index (χ0v) is 20.9. The summed E-state index contributed by atoms with van der Waals surface area (Å²) in [5.74, 6) is 0.171. The predicted molar refractivity (Wildman–Crippen MR) is 134 cm³/mol. The summed E-state index contributed by atoms with van der Waals surface area (Å²) < 4.78 is 33.5. The minimum absolute atomic E-state index is 0.0917. The monoisotopic (exact) mass is 504 g/mol. The minimum Gasteiger partial charge on any atom is -0.484 e. The molecule has 0 heterocycles. The van der Waals surface area contributed by atoms with Crippen LogP contribution >= 0.6 is 23.4 Å². The molecular weight excluding hydrogens is 480 g/mol. The molecule has 0 bridgehead atoms. The van der Waals surface area contributed by atoms with E-state index in [1.54, 1.807) is 49.0 Å². The van der Waals surface area contributed by atoms with Crippen molar-refractivity contribution in [3.8, 4) is 5.75 Å². The highest BCUT2D eigenvalue weighted by Gasteiger charge is 2.17. The van der Waals surface area contributed by atoms with Crippen molar-refractivity contribution in [3.63, 3.8) is 0 Å². The molecule has 33 heavy (non-hydrogen) atoms. The first-order chi connectivity index (χ1) is 15.7. The number of carbonyl (C=O) groups is 1. The first-order valence-electron chi connectivity index (χ1n) is 10.1. The lowest BCUT2D eigenvalue weighted by molar-refractivity contribution is -0.123. The summed E-state index contributed by atoms with van der Waals surface area (Å²) >= 11 is 7.50. The van der Waals surface area contributed by atoms with E-state index in [1.165, 1.54) is 12.1 Å². The first-order valence-corrected chi connectivity index (χ1v) is 13.2. The van der Waals surface area contributed by atoms with Gasteiger partial charge in [0.25, 0.3) is 15.9 Å². The third-order valence-electron chi connectivity index (χ3n) is 4.91. The Labute approximate surface area is 203 Å². The summed E-state index contributed by atoms with van der Waals surface area (Å²) in [6.07, 6.45) is 2.01. The molecule has 0 aliphatic heterocycles. The molecule has 0 saturated carbocycles. The molecule has 3 aromatic rings. The molecule has 0 spiro atoms. The second kappa shape index (κ2) is 11.0. The van der Waals surface area contributed by atoms with Gasteiger partial charge in [0, 0.05) is 15.6 Å². The molecule has 0 aliphatic rings. The van der Waals surface area contributed by atoms with Crippen LogP contribution in [0.5, 0.6) is 5.75 Å². The topological polar surface area (TPSA) is 84.5 Å². The number of carbonyl (C=O) groups excluding carboxylic acids is 1. The summed E-state index contributed by atoms with van der Waals surface area (Å²) in [5, 5.41) is 3.42. The first kappa shape index (κ1) is 25.0. The Hall–Kier alpha value is -2.68. The van der Waals surface area contributed by atoms with Crippen molar-refractivity contribution in [2.75, 3.05) is 17.6 Å². The van der Waals surface area contributed by atoms with Gasteiger partial charge in [0.15, 0.2) is 6.61 Å². The van der Waals surface area contributed by atoms with E-state index >= 15 is 0 Å². The Morgan fingerprint density at radius 1 is 1.06 bits per heavy atom. The molecule has 0 aromatic heterocycles. The fraction of sp³-hybridized carbons (Fsp3) is 0.208. The molecule has 2 N–H and O–H groups in total. The summed E-state index contributed by atoms with van der Waals surface area (Å²) in [4.78, 5) is 13.6. The number of hydrogen-bond donors (Lipinski definition) is 2. The van der Waals surface area contributed by atoms with Crippen molar-refractivity contribution in [1.82, 2.24) is 5.32 Å². The Balaban J connectivity index is 1.59. The van der Waals surface area contributed by atoms with Crippen LogP contribution in [0.1, 0.15) is 24.1 Å². The fourth-order valence-electron chi connectivity index (χ4n) is 3.09. The number of rotatable bonds is 9. The van der Waals surface area contributed by atoms with Gasteiger partial charge in [0.05, 0.1) is 10.9 Å². The molecule has 3 aromatic carbocycles. The third kappa shape index (κ3) is 6.90. The van der Waals surface area contributed by atoms with Crippen LogP contribution in [-0.4, -0.2) is 27.2 Å². The standard InChI is InChI=1S/C24H25ClN2O4S2/c1-16-14-22(33(29,30)27-20-8-6-19(25)7-9-20)12-13-23(16)31-15-24(28)26-17(2)18-4-10-21(32-3)11-5-18/h4-14,17,27H,15H2,1-3H3,(H,26,28)/t17-/m0/s1. The van der Waals surface area contributed by atoms with E-state index in [0.29, 0.717) is 22.0 Å². The van der Waals surface area contributed by atoms with Crippen LogP contribution in [0.4, 0.5) is 5.69 Å². The highest BCUT2D eigenvalue weighted by atomic mass is 35.5. The second-order valence-electron chi connectivity index (χ2n) is 7.39. The normalized spacial score (nSPS) is 12.1. The second-order valence-corrected chi connectivity index (χ2v) is 10.4. The molecule has 6 nitrogen and oxygen atoms in total. The number of hydrogen-bond acceptors (Lipinski definition) is 5. The smallest absolute Gasteiger partial charge is 0.261 e. The number of benzene rings is 3. The maximum atomic E-state index is 12.7. The van der Waals surface area contributed by atoms with Crippen LogP contribution in [0.15, 0.2) is 76.5 Å². The van der Waals surface area contributed by atoms with Crippen molar-refractivity contribution in [1.29, 1.82) is 0 Å². The Morgan fingerprint density at radius 3 is 2.33 bits per heavy atom. The Bertz CT molecular complexity index is 1210. The number of thioether (sulfide) groups is 1. The Morgan fingerprint density at radius 2 is 1.73 bits per heavy atom. The largest absolute Gasteiger partial charge is 0.484 e. The maximum Gasteiger partial charge on any atom is 0.261 e. The third-order valence-corrected chi connectivity index (χ3v) is 7.28. The van der Waals surface area contributed by atoms with E-state index in [0.717, 1.165) is 10.5 Å². The average molecular weight is 505 g/mol. The summed E-state index contributed by atoms with van der Waals surface area (Å²) in [6.45, 7) is 3.46. The molecule has 1 atom stereocenters. The maximum absolute atomic E-state index is 12.7. The number of halogens is 1. The van der Waals surface area contributed by atoms with Gasteiger partial charge in [-0.2, -0.15) is 0 Å². The minimum atomic E-state index is -3.78. The van der Waals surface area contributed by atoms with Gasteiger partial charge < -0.3 is 10.1 Å². The number of nitrogens with one attached hydrogen (secondary N) is 2. The Kier molecular flexibility index (Phi) is 8.29.